The van der Waals surface area contributed by atoms with E-state index in [0.29, 0.717) is 31.7 Å². The van der Waals surface area contributed by atoms with E-state index >= 15 is 0 Å². The van der Waals surface area contributed by atoms with Gasteiger partial charge in [0.1, 0.15) is 23.4 Å². The summed E-state index contributed by atoms with van der Waals surface area (Å²) >= 11 is 1.59. The average molecular weight is 520 g/mol. The molecule has 1 saturated heterocycles. The lowest BCUT2D eigenvalue weighted by Crippen LogP contribution is -2.49. The zero-order chi connectivity index (χ0) is 25.8. The van der Waals surface area contributed by atoms with Gasteiger partial charge in [0.25, 0.3) is 5.91 Å². The van der Waals surface area contributed by atoms with Crippen molar-refractivity contribution in [2.75, 3.05) is 44.3 Å². The molecule has 1 aromatic carbocycles. The standard InChI is InChI=1S/C27H29N5O4S/c1-2-22-14-23-24(29-27(30-25(23)37-22)36-17-21(34)16-33)31-9-11-32(12-10-31)26(35)19-6-3-5-18(13-19)20-7-4-8-28-15-20/h3-8,13-15,21,33-34H,2,9-12,16-17H2,1H3/t21-/m1/s1. The molecule has 0 spiro atoms. The summed E-state index contributed by atoms with van der Waals surface area (Å²) in [7, 11) is 0. The van der Waals surface area contributed by atoms with E-state index in [1.807, 2.05) is 41.3 Å². The van der Waals surface area contributed by atoms with E-state index in [0.717, 1.165) is 33.6 Å². The fraction of sp³-hybridized carbons (Fsp3) is 0.333. The molecule has 4 heterocycles. The predicted molar refractivity (Wildman–Crippen MR) is 143 cm³/mol. The second-order valence-corrected chi connectivity index (χ2v) is 9.98. The number of benzene rings is 1. The van der Waals surface area contributed by atoms with Crippen molar-refractivity contribution in [3.8, 4) is 17.1 Å². The van der Waals surface area contributed by atoms with Gasteiger partial charge >= 0.3 is 6.01 Å². The smallest absolute Gasteiger partial charge is 0.319 e. The maximum Gasteiger partial charge on any atom is 0.319 e. The average Bonchev–Trinajstić information content (AvgIpc) is 3.39. The second kappa shape index (κ2) is 11.2. The molecule has 2 N–H and O–H groups in total. The third-order valence-electron chi connectivity index (χ3n) is 6.34. The summed E-state index contributed by atoms with van der Waals surface area (Å²) < 4.78 is 5.58. The Morgan fingerprint density at radius 1 is 1.11 bits per heavy atom. The van der Waals surface area contributed by atoms with Crippen LogP contribution < -0.4 is 9.64 Å². The number of ether oxygens (including phenoxy) is 1. The van der Waals surface area contributed by atoms with Crippen molar-refractivity contribution >= 4 is 33.3 Å². The second-order valence-electron chi connectivity index (χ2n) is 8.86. The van der Waals surface area contributed by atoms with Gasteiger partial charge in [0, 0.05) is 54.6 Å². The predicted octanol–water partition coefficient (Wildman–Crippen LogP) is 3.01. The number of pyridine rings is 1. The molecule has 1 aliphatic heterocycles. The molecule has 10 heteroatoms. The molecule has 5 rings (SSSR count). The summed E-state index contributed by atoms with van der Waals surface area (Å²) in [5.41, 5.74) is 2.59. The Hall–Kier alpha value is -3.60. The number of hydrogen-bond donors (Lipinski definition) is 2. The Bertz CT molecular complexity index is 1370. The lowest BCUT2D eigenvalue weighted by molar-refractivity contribution is 0.0506. The molecule has 0 radical (unpaired) electrons. The summed E-state index contributed by atoms with van der Waals surface area (Å²) in [6.07, 6.45) is 3.42. The Morgan fingerprint density at radius 2 is 1.92 bits per heavy atom. The van der Waals surface area contributed by atoms with Gasteiger partial charge in [-0.05, 0) is 36.2 Å². The molecule has 0 unspecified atom stereocenters. The van der Waals surface area contributed by atoms with Gasteiger partial charge in [0.05, 0.1) is 12.0 Å². The normalized spacial score (nSPS) is 14.7. The molecule has 1 aliphatic rings. The van der Waals surface area contributed by atoms with E-state index < -0.39 is 12.7 Å². The highest BCUT2D eigenvalue weighted by Gasteiger charge is 2.26. The quantitative estimate of drug-likeness (QED) is 0.365. The molecule has 1 fully saturated rings. The van der Waals surface area contributed by atoms with Gasteiger partial charge in [-0.2, -0.15) is 9.97 Å². The highest BCUT2D eigenvalue weighted by molar-refractivity contribution is 7.18. The van der Waals surface area contributed by atoms with Crippen LogP contribution in [0.5, 0.6) is 6.01 Å². The highest BCUT2D eigenvalue weighted by Crippen LogP contribution is 2.33. The van der Waals surface area contributed by atoms with Crippen molar-refractivity contribution in [3.63, 3.8) is 0 Å². The molecule has 192 valence electrons. The first-order valence-electron chi connectivity index (χ1n) is 12.3. The van der Waals surface area contributed by atoms with Crippen LogP contribution in [0.1, 0.15) is 22.2 Å². The number of anilines is 1. The van der Waals surface area contributed by atoms with E-state index in [4.69, 9.17) is 9.84 Å². The van der Waals surface area contributed by atoms with Gasteiger partial charge in [-0.3, -0.25) is 9.78 Å². The molecule has 1 amide bonds. The highest BCUT2D eigenvalue weighted by atomic mass is 32.1. The number of nitrogens with zero attached hydrogens (tertiary/aromatic N) is 5. The van der Waals surface area contributed by atoms with Crippen LogP contribution in [0.4, 0.5) is 5.82 Å². The van der Waals surface area contributed by atoms with Gasteiger partial charge in [0.2, 0.25) is 0 Å². The molecule has 0 bridgehead atoms. The Labute approximate surface area is 219 Å². The van der Waals surface area contributed by atoms with Gasteiger partial charge in [-0.1, -0.05) is 25.1 Å². The minimum atomic E-state index is -0.997. The van der Waals surface area contributed by atoms with E-state index in [1.54, 1.807) is 23.7 Å². The number of carbonyl (C=O) groups excluding carboxylic acids is 1. The summed E-state index contributed by atoms with van der Waals surface area (Å²) in [4.78, 5) is 32.7. The summed E-state index contributed by atoms with van der Waals surface area (Å²) in [5.74, 6) is 0.768. The fourth-order valence-corrected chi connectivity index (χ4v) is 5.26. The van der Waals surface area contributed by atoms with Crippen molar-refractivity contribution in [2.45, 2.75) is 19.4 Å². The van der Waals surface area contributed by atoms with E-state index in [-0.39, 0.29) is 18.5 Å². The molecule has 9 nitrogen and oxygen atoms in total. The zero-order valence-electron chi connectivity index (χ0n) is 20.6. The van der Waals surface area contributed by atoms with Gasteiger partial charge in [0.15, 0.2) is 0 Å². The van der Waals surface area contributed by atoms with Crippen molar-refractivity contribution in [2.24, 2.45) is 0 Å². The minimum Gasteiger partial charge on any atom is -0.461 e. The Morgan fingerprint density at radius 3 is 2.65 bits per heavy atom. The number of aliphatic hydroxyl groups is 2. The molecule has 37 heavy (non-hydrogen) atoms. The van der Waals surface area contributed by atoms with Crippen LogP contribution in [0.25, 0.3) is 21.3 Å². The lowest BCUT2D eigenvalue weighted by Gasteiger charge is -2.35. The third kappa shape index (κ3) is 5.56. The fourth-order valence-electron chi connectivity index (χ4n) is 4.31. The van der Waals surface area contributed by atoms with Crippen LogP contribution in [0.2, 0.25) is 0 Å². The maximum absolute atomic E-state index is 13.3. The number of aliphatic hydroxyl groups excluding tert-OH is 2. The SMILES string of the molecule is CCc1cc2c(N3CCN(C(=O)c4cccc(-c5cccnc5)c4)CC3)nc(OC[C@H](O)CO)nc2s1. The molecule has 1 atom stereocenters. The van der Waals surface area contributed by atoms with Crippen LogP contribution in [0.15, 0.2) is 54.9 Å². The number of piperazine rings is 1. The number of fused-ring (bicyclic) bond motifs is 1. The first-order valence-corrected chi connectivity index (χ1v) is 13.1. The minimum absolute atomic E-state index is 0.00374. The molecule has 0 saturated carbocycles. The van der Waals surface area contributed by atoms with Crippen LogP contribution >= 0.6 is 11.3 Å². The molecule has 4 aromatic rings. The number of aromatic nitrogens is 3. The van der Waals surface area contributed by atoms with Crippen LogP contribution in [-0.4, -0.2) is 81.5 Å². The first-order chi connectivity index (χ1) is 18.1. The number of carbonyl (C=O) groups is 1. The topological polar surface area (TPSA) is 112 Å². The Balaban J connectivity index is 1.32. The number of aryl methyl sites for hydroxylation is 1. The van der Waals surface area contributed by atoms with Crippen LogP contribution in [-0.2, 0) is 6.42 Å². The van der Waals surface area contributed by atoms with E-state index in [9.17, 15) is 9.90 Å². The van der Waals surface area contributed by atoms with Crippen molar-refractivity contribution in [3.05, 3.63) is 65.3 Å². The largest absolute Gasteiger partial charge is 0.461 e. The molecule has 0 aliphatic carbocycles. The van der Waals surface area contributed by atoms with Crippen molar-refractivity contribution in [1.82, 2.24) is 19.9 Å². The van der Waals surface area contributed by atoms with Crippen LogP contribution in [0, 0.1) is 0 Å². The van der Waals surface area contributed by atoms with Crippen LogP contribution in [0.3, 0.4) is 0 Å². The number of rotatable bonds is 8. The number of thiophene rings is 1. The Kier molecular flexibility index (Phi) is 7.59. The summed E-state index contributed by atoms with van der Waals surface area (Å²) in [5, 5.41) is 19.7. The molecular formula is C27H29N5O4S. The first kappa shape index (κ1) is 25.1. The number of amides is 1. The monoisotopic (exact) mass is 519 g/mol. The number of hydrogen-bond acceptors (Lipinski definition) is 9. The van der Waals surface area contributed by atoms with Crippen molar-refractivity contribution in [1.29, 1.82) is 0 Å². The van der Waals surface area contributed by atoms with Gasteiger partial charge in [-0.15, -0.1) is 11.3 Å². The van der Waals surface area contributed by atoms with Gasteiger partial charge in [-0.25, -0.2) is 0 Å². The summed E-state index contributed by atoms with van der Waals surface area (Å²) in [6.45, 7) is 3.98. The molecule has 3 aromatic heterocycles. The maximum atomic E-state index is 13.3. The third-order valence-corrected chi connectivity index (χ3v) is 7.51. The van der Waals surface area contributed by atoms with Gasteiger partial charge < -0.3 is 24.7 Å². The zero-order valence-corrected chi connectivity index (χ0v) is 21.4. The summed E-state index contributed by atoms with van der Waals surface area (Å²) in [6, 6.07) is 13.8. The lowest BCUT2D eigenvalue weighted by atomic mass is 10.0. The van der Waals surface area contributed by atoms with E-state index in [1.165, 1.54) is 4.88 Å². The van der Waals surface area contributed by atoms with Crippen molar-refractivity contribution < 1.29 is 19.7 Å². The van der Waals surface area contributed by atoms with E-state index in [2.05, 4.69) is 32.8 Å². The molecular weight excluding hydrogens is 490 g/mol.